The normalized spacial score (nSPS) is 39.0. The van der Waals surface area contributed by atoms with Crippen LogP contribution >= 0.6 is 0 Å². The molecule has 0 saturated heterocycles. The maximum absolute atomic E-state index is 9.07. The van der Waals surface area contributed by atoms with E-state index in [0.717, 1.165) is 12.8 Å². The van der Waals surface area contributed by atoms with Crippen molar-refractivity contribution in [3.8, 4) is 0 Å². The molecular weight excluding hydrogens is 172 g/mol. The Kier molecular flexibility index (Phi) is 3.25. The molecule has 3 atom stereocenters. The van der Waals surface area contributed by atoms with Crippen molar-refractivity contribution < 1.29 is 9.59 Å². The summed E-state index contributed by atoms with van der Waals surface area (Å²) in [5, 5.41) is 0. The van der Waals surface area contributed by atoms with Crippen molar-refractivity contribution in [3.05, 3.63) is 0 Å². The van der Waals surface area contributed by atoms with Crippen LogP contribution in [0.1, 0.15) is 19.8 Å². The first-order valence-corrected chi connectivity index (χ1v) is 6.09. The highest BCUT2D eigenvalue weighted by molar-refractivity contribution is 6.43. The van der Waals surface area contributed by atoms with Crippen molar-refractivity contribution in [1.82, 2.24) is 0 Å². The van der Waals surface area contributed by atoms with Crippen LogP contribution in [0, 0.1) is 5.92 Å². The van der Waals surface area contributed by atoms with Crippen LogP contribution in [0.25, 0.3) is 0 Å². The fraction of sp³-hybridized carbons (Fsp3) is 1.00. The van der Waals surface area contributed by atoms with Gasteiger partial charge >= 0.3 is 9.28 Å². The van der Waals surface area contributed by atoms with Gasteiger partial charge in [-0.2, -0.15) is 0 Å². The predicted molar refractivity (Wildman–Crippen MR) is 49.7 cm³/mol. The van der Waals surface area contributed by atoms with E-state index in [0.29, 0.717) is 5.92 Å². The smallest absolute Gasteiger partial charge is 0.319 e. The summed E-state index contributed by atoms with van der Waals surface area (Å²) in [5.41, 5.74) is 11.5. The summed E-state index contributed by atoms with van der Waals surface area (Å²) >= 11 is 0. The van der Waals surface area contributed by atoms with Crippen LogP contribution in [0.3, 0.4) is 0 Å². The Hall–Kier alpha value is 0.0569. The van der Waals surface area contributed by atoms with Crippen LogP contribution < -0.4 is 11.5 Å². The summed E-state index contributed by atoms with van der Waals surface area (Å²) in [6.45, 7) is 1.88. The molecule has 1 rings (SSSR count). The largest absolute Gasteiger partial charge is 0.413 e. The molecule has 3 unspecified atom stereocenters. The molecule has 0 heterocycles. The highest BCUT2D eigenvalue weighted by Gasteiger charge is 2.35. The van der Waals surface area contributed by atoms with E-state index in [-0.39, 0.29) is 17.6 Å². The van der Waals surface area contributed by atoms with E-state index in [1.54, 1.807) is 0 Å². The molecule has 0 bridgehead atoms. The van der Waals surface area contributed by atoms with E-state index in [9.17, 15) is 0 Å². The maximum Gasteiger partial charge on any atom is 0.319 e. The molecule has 0 radical (unpaired) electrons. The van der Waals surface area contributed by atoms with E-state index >= 15 is 0 Å². The van der Waals surface area contributed by atoms with Gasteiger partial charge in [-0.1, -0.05) is 6.92 Å². The van der Waals surface area contributed by atoms with Gasteiger partial charge in [0.25, 0.3) is 0 Å². The zero-order valence-corrected chi connectivity index (χ0v) is 8.50. The number of rotatable bonds is 2. The molecule has 5 heteroatoms. The molecule has 12 heavy (non-hydrogen) atoms. The molecule has 72 valence electrons. The Balaban J connectivity index is 2.45. The van der Waals surface area contributed by atoms with Gasteiger partial charge in [-0.3, -0.25) is 0 Å². The first-order chi connectivity index (χ1) is 5.52. The lowest BCUT2D eigenvalue weighted by Gasteiger charge is -2.18. The van der Waals surface area contributed by atoms with Crippen molar-refractivity contribution in [2.45, 2.75) is 37.4 Å². The highest BCUT2D eigenvalue weighted by Crippen LogP contribution is 2.33. The first kappa shape index (κ1) is 10.1. The molecule has 0 amide bonds. The number of nitrogens with two attached hydrogens (primary N) is 2. The topological polar surface area (TPSA) is 92.5 Å². The lowest BCUT2D eigenvalue weighted by atomic mass is 10.0. The lowest BCUT2D eigenvalue weighted by molar-refractivity contribution is 0.352. The van der Waals surface area contributed by atoms with Crippen LogP contribution in [0.4, 0.5) is 0 Å². The molecule has 6 N–H and O–H groups in total. The van der Waals surface area contributed by atoms with Crippen LogP contribution in [0.15, 0.2) is 0 Å². The number of hydrogen-bond donors (Lipinski definition) is 4. The Labute approximate surface area is 74.4 Å². The van der Waals surface area contributed by atoms with Gasteiger partial charge in [0.2, 0.25) is 0 Å². The third-order valence-electron chi connectivity index (χ3n) is 2.91. The van der Waals surface area contributed by atoms with Crippen molar-refractivity contribution in [1.29, 1.82) is 0 Å². The van der Waals surface area contributed by atoms with Crippen LogP contribution in [0.5, 0.6) is 0 Å². The maximum atomic E-state index is 9.07. The van der Waals surface area contributed by atoms with E-state index in [1.807, 2.05) is 6.92 Å². The van der Waals surface area contributed by atoms with Gasteiger partial charge in [0.1, 0.15) is 0 Å². The van der Waals surface area contributed by atoms with Crippen LogP contribution in [0.2, 0.25) is 5.54 Å². The van der Waals surface area contributed by atoms with E-state index in [2.05, 4.69) is 0 Å². The minimum atomic E-state index is -2.48. The second kappa shape index (κ2) is 3.84. The lowest BCUT2D eigenvalue weighted by Crippen LogP contribution is -2.35. The summed E-state index contributed by atoms with van der Waals surface area (Å²) in [7, 11) is -2.48. The summed E-state index contributed by atoms with van der Waals surface area (Å²) < 4.78 is 0. The molecule has 0 aromatic heterocycles. The van der Waals surface area contributed by atoms with Crippen molar-refractivity contribution in [2.75, 3.05) is 0 Å². The molecule has 1 saturated carbocycles. The van der Waals surface area contributed by atoms with Gasteiger partial charge in [0.15, 0.2) is 0 Å². The SMILES string of the molecule is CC(C1CC(N)C(N)C1)[SiH](O)O. The van der Waals surface area contributed by atoms with Crippen molar-refractivity contribution in [3.63, 3.8) is 0 Å². The molecule has 0 aromatic rings. The molecule has 1 fully saturated rings. The Bertz CT molecular complexity index is 146. The summed E-state index contributed by atoms with van der Waals surface area (Å²) in [5.74, 6) is 0.321. The van der Waals surface area contributed by atoms with Crippen molar-refractivity contribution >= 4 is 9.28 Å². The minimum absolute atomic E-state index is 0.0181. The minimum Gasteiger partial charge on any atom is -0.413 e. The van der Waals surface area contributed by atoms with Gasteiger partial charge in [0, 0.05) is 12.1 Å². The zero-order chi connectivity index (χ0) is 9.30. The molecule has 4 nitrogen and oxygen atoms in total. The standard InChI is InChI=1S/C7H18N2O2Si/c1-4(12(10)11)5-2-6(8)7(9)3-5/h4-7,10-12H,2-3,8-9H2,1H3. The molecule has 1 aliphatic carbocycles. The molecule has 0 spiro atoms. The Morgan fingerprint density at radius 2 is 1.67 bits per heavy atom. The van der Waals surface area contributed by atoms with Crippen molar-refractivity contribution in [2.24, 2.45) is 17.4 Å². The average Bonchev–Trinajstić information content (AvgIpc) is 2.30. The fourth-order valence-corrected chi connectivity index (χ4v) is 2.62. The average molecular weight is 190 g/mol. The fourth-order valence-electron chi connectivity index (χ4n) is 1.82. The van der Waals surface area contributed by atoms with Gasteiger partial charge < -0.3 is 21.1 Å². The van der Waals surface area contributed by atoms with Gasteiger partial charge in [0.05, 0.1) is 0 Å². The second-order valence-electron chi connectivity index (χ2n) is 3.83. The van der Waals surface area contributed by atoms with Gasteiger partial charge in [-0.05, 0) is 24.3 Å². The summed E-state index contributed by atoms with van der Waals surface area (Å²) in [6.07, 6.45) is 1.68. The molecule has 0 aliphatic heterocycles. The second-order valence-corrected chi connectivity index (χ2v) is 5.71. The molecular formula is C7H18N2O2Si. The van der Waals surface area contributed by atoms with E-state index < -0.39 is 9.28 Å². The third kappa shape index (κ3) is 2.05. The zero-order valence-electron chi connectivity index (χ0n) is 7.35. The first-order valence-electron chi connectivity index (χ1n) is 4.39. The predicted octanol–water partition coefficient (Wildman–Crippen LogP) is -1.35. The summed E-state index contributed by atoms with van der Waals surface area (Å²) in [6, 6.07) is 0.0930. The number of hydrogen-bond acceptors (Lipinski definition) is 4. The third-order valence-corrected chi connectivity index (χ3v) is 4.40. The molecule has 1 aliphatic rings. The van der Waals surface area contributed by atoms with Crippen LogP contribution in [-0.4, -0.2) is 31.0 Å². The Morgan fingerprint density at radius 3 is 2.00 bits per heavy atom. The van der Waals surface area contributed by atoms with E-state index in [1.165, 1.54) is 0 Å². The highest BCUT2D eigenvalue weighted by atomic mass is 28.3. The Morgan fingerprint density at radius 1 is 1.25 bits per heavy atom. The quantitative estimate of drug-likeness (QED) is 0.405. The van der Waals surface area contributed by atoms with E-state index in [4.69, 9.17) is 21.1 Å². The van der Waals surface area contributed by atoms with Crippen LogP contribution in [-0.2, 0) is 0 Å². The monoisotopic (exact) mass is 190 g/mol. The van der Waals surface area contributed by atoms with Gasteiger partial charge in [-0.25, -0.2) is 0 Å². The summed E-state index contributed by atoms with van der Waals surface area (Å²) in [4.78, 5) is 18.1. The molecule has 0 aromatic carbocycles. The van der Waals surface area contributed by atoms with Gasteiger partial charge in [-0.15, -0.1) is 0 Å².